The Labute approximate surface area is 91.4 Å². The van der Waals surface area contributed by atoms with Crippen molar-refractivity contribution >= 4 is 16.5 Å². The van der Waals surface area contributed by atoms with Gasteiger partial charge in [0.05, 0.1) is 4.88 Å². The maximum absolute atomic E-state index is 10.3. The SMILES string of the molecule is CC(O)(c1cccnc1)c1cnc(N)s1. The van der Waals surface area contributed by atoms with Gasteiger partial charge in [0, 0.05) is 24.2 Å². The highest BCUT2D eigenvalue weighted by molar-refractivity contribution is 7.15. The molecule has 1 unspecified atom stereocenters. The Hall–Kier alpha value is -1.46. The maximum atomic E-state index is 10.3. The largest absolute Gasteiger partial charge is 0.380 e. The van der Waals surface area contributed by atoms with Gasteiger partial charge in [-0.25, -0.2) is 4.98 Å². The first-order valence-electron chi connectivity index (χ1n) is 4.45. The zero-order valence-corrected chi connectivity index (χ0v) is 9.03. The van der Waals surface area contributed by atoms with Gasteiger partial charge in [0.2, 0.25) is 0 Å². The Balaban J connectivity index is 2.43. The van der Waals surface area contributed by atoms with Gasteiger partial charge in [0.15, 0.2) is 5.13 Å². The van der Waals surface area contributed by atoms with Crippen LogP contribution in [0.3, 0.4) is 0 Å². The van der Waals surface area contributed by atoms with Crippen molar-refractivity contribution in [2.24, 2.45) is 0 Å². The van der Waals surface area contributed by atoms with Crippen molar-refractivity contribution in [2.45, 2.75) is 12.5 Å². The molecule has 0 saturated heterocycles. The van der Waals surface area contributed by atoms with Gasteiger partial charge < -0.3 is 10.8 Å². The first-order valence-corrected chi connectivity index (χ1v) is 5.27. The lowest BCUT2D eigenvalue weighted by Gasteiger charge is -2.21. The van der Waals surface area contributed by atoms with Crippen molar-refractivity contribution in [1.29, 1.82) is 0 Å². The molecule has 15 heavy (non-hydrogen) atoms. The third-order valence-electron chi connectivity index (χ3n) is 2.23. The van der Waals surface area contributed by atoms with Gasteiger partial charge in [-0.05, 0) is 13.0 Å². The van der Waals surface area contributed by atoms with E-state index in [1.807, 2.05) is 6.07 Å². The topological polar surface area (TPSA) is 72.0 Å². The molecule has 2 rings (SSSR count). The van der Waals surface area contributed by atoms with Crippen LogP contribution in [0.25, 0.3) is 0 Å². The van der Waals surface area contributed by atoms with Gasteiger partial charge in [-0.2, -0.15) is 0 Å². The van der Waals surface area contributed by atoms with Crippen molar-refractivity contribution in [2.75, 3.05) is 5.73 Å². The minimum absolute atomic E-state index is 0.453. The van der Waals surface area contributed by atoms with Crippen LogP contribution in [0.2, 0.25) is 0 Å². The van der Waals surface area contributed by atoms with Crippen molar-refractivity contribution < 1.29 is 5.11 Å². The molecule has 0 aliphatic heterocycles. The predicted molar refractivity (Wildman–Crippen MR) is 59.4 cm³/mol. The summed E-state index contributed by atoms with van der Waals surface area (Å²) in [6, 6.07) is 3.61. The summed E-state index contributed by atoms with van der Waals surface area (Å²) in [6.45, 7) is 1.71. The predicted octanol–water partition coefficient (Wildman–Crippen LogP) is 1.38. The zero-order chi connectivity index (χ0) is 10.9. The number of rotatable bonds is 2. The fraction of sp³-hybridized carbons (Fsp3) is 0.200. The number of aromatic nitrogens is 2. The average molecular weight is 221 g/mol. The number of aliphatic hydroxyl groups is 1. The summed E-state index contributed by atoms with van der Waals surface area (Å²) in [5, 5.41) is 10.8. The second kappa shape index (κ2) is 3.60. The molecule has 0 radical (unpaired) electrons. The van der Waals surface area contributed by atoms with E-state index in [4.69, 9.17) is 5.73 Å². The summed E-state index contributed by atoms with van der Waals surface area (Å²) in [4.78, 5) is 8.62. The number of nitrogens with two attached hydrogens (primary N) is 1. The number of hydrogen-bond acceptors (Lipinski definition) is 5. The third-order valence-corrected chi connectivity index (χ3v) is 3.26. The molecule has 0 aliphatic carbocycles. The Morgan fingerprint density at radius 1 is 1.47 bits per heavy atom. The molecule has 78 valence electrons. The lowest BCUT2D eigenvalue weighted by Crippen LogP contribution is -2.21. The summed E-state index contributed by atoms with van der Waals surface area (Å²) in [5.74, 6) is 0. The van der Waals surface area contributed by atoms with E-state index in [-0.39, 0.29) is 0 Å². The van der Waals surface area contributed by atoms with E-state index in [9.17, 15) is 5.11 Å². The first-order chi connectivity index (χ1) is 7.10. The summed E-state index contributed by atoms with van der Waals surface area (Å²) in [7, 11) is 0. The molecule has 0 amide bonds. The van der Waals surface area contributed by atoms with Crippen LogP contribution in [0.1, 0.15) is 17.4 Å². The summed E-state index contributed by atoms with van der Waals surface area (Å²) in [6.07, 6.45) is 4.89. The van der Waals surface area contributed by atoms with Gasteiger partial charge in [0.1, 0.15) is 5.60 Å². The highest BCUT2D eigenvalue weighted by Crippen LogP contribution is 2.32. The van der Waals surface area contributed by atoms with Gasteiger partial charge in [0.25, 0.3) is 0 Å². The second-order valence-electron chi connectivity index (χ2n) is 3.38. The van der Waals surface area contributed by atoms with Crippen molar-refractivity contribution in [3.8, 4) is 0 Å². The smallest absolute Gasteiger partial charge is 0.180 e. The normalized spacial score (nSPS) is 14.8. The van der Waals surface area contributed by atoms with Gasteiger partial charge >= 0.3 is 0 Å². The van der Waals surface area contributed by atoms with Crippen LogP contribution in [-0.4, -0.2) is 15.1 Å². The van der Waals surface area contributed by atoms with Crippen LogP contribution in [0.15, 0.2) is 30.7 Å². The third kappa shape index (κ3) is 1.84. The molecule has 0 bridgehead atoms. The Bertz CT molecular complexity index is 453. The highest BCUT2D eigenvalue weighted by Gasteiger charge is 2.27. The molecule has 0 aliphatic rings. The number of pyridine rings is 1. The van der Waals surface area contributed by atoms with E-state index in [0.717, 1.165) is 5.56 Å². The lowest BCUT2D eigenvalue weighted by atomic mass is 9.97. The Morgan fingerprint density at radius 2 is 2.27 bits per heavy atom. The molecule has 0 fully saturated rings. The fourth-order valence-electron chi connectivity index (χ4n) is 1.31. The molecule has 0 aromatic carbocycles. The van der Waals surface area contributed by atoms with Gasteiger partial charge in [-0.1, -0.05) is 17.4 Å². The first kappa shape index (κ1) is 10.1. The molecule has 2 aromatic heterocycles. The molecule has 4 nitrogen and oxygen atoms in total. The lowest BCUT2D eigenvalue weighted by molar-refractivity contribution is 0.106. The molecule has 0 spiro atoms. The zero-order valence-electron chi connectivity index (χ0n) is 8.21. The molecule has 3 N–H and O–H groups in total. The van der Waals surface area contributed by atoms with Crippen molar-refractivity contribution in [1.82, 2.24) is 9.97 Å². The number of nitrogens with zero attached hydrogens (tertiary/aromatic N) is 2. The maximum Gasteiger partial charge on any atom is 0.180 e. The summed E-state index contributed by atoms with van der Waals surface area (Å²) < 4.78 is 0. The highest BCUT2D eigenvalue weighted by atomic mass is 32.1. The van der Waals surface area contributed by atoms with Crippen LogP contribution in [0.4, 0.5) is 5.13 Å². The number of thiazole rings is 1. The number of hydrogen-bond donors (Lipinski definition) is 2. The molecule has 5 heteroatoms. The van der Waals surface area contributed by atoms with Gasteiger partial charge in [-0.15, -0.1) is 0 Å². The molecule has 0 saturated carbocycles. The van der Waals surface area contributed by atoms with E-state index in [1.54, 1.807) is 31.6 Å². The van der Waals surface area contributed by atoms with E-state index in [2.05, 4.69) is 9.97 Å². The Kier molecular flexibility index (Phi) is 2.42. The molecular weight excluding hydrogens is 210 g/mol. The van der Waals surface area contributed by atoms with Crippen molar-refractivity contribution in [3.05, 3.63) is 41.2 Å². The van der Waals surface area contributed by atoms with Crippen LogP contribution in [-0.2, 0) is 5.60 Å². The van der Waals surface area contributed by atoms with Crippen molar-refractivity contribution in [3.63, 3.8) is 0 Å². The number of anilines is 1. The van der Waals surface area contributed by atoms with Crippen LogP contribution in [0.5, 0.6) is 0 Å². The molecular formula is C10H11N3OS. The number of nitrogen functional groups attached to an aromatic ring is 1. The summed E-state index contributed by atoms with van der Waals surface area (Å²) in [5.41, 5.74) is 5.18. The average Bonchev–Trinajstić information content (AvgIpc) is 2.67. The van der Waals surface area contributed by atoms with E-state index in [1.165, 1.54) is 11.3 Å². The quantitative estimate of drug-likeness (QED) is 0.803. The van der Waals surface area contributed by atoms with E-state index < -0.39 is 5.60 Å². The van der Waals surface area contributed by atoms with Crippen LogP contribution < -0.4 is 5.73 Å². The minimum atomic E-state index is -1.08. The minimum Gasteiger partial charge on any atom is -0.380 e. The molecule has 2 aromatic rings. The molecule has 1 atom stereocenters. The fourth-order valence-corrected chi connectivity index (χ4v) is 2.06. The Morgan fingerprint density at radius 3 is 2.80 bits per heavy atom. The van der Waals surface area contributed by atoms with Gasteiger partial charge in [-0.3, -0.25) is 4.98 Å². The standard InChI is InChI=1S/C10H11N3OS/c1-10(14,7-3-2-4-12-5-7)8-6-13-9(11)15-8/h2-6,14H,1H3,(H2,11,13). The summed E-state index contributed by atoms with van der Waals surface area (Å²) >= 11 is 1.28. The van der Waals surface area contributed by atoms with E-state index >= 15 is 0 Å². The van der Waals surface area contributed by atoms with Crippen LogP contribution >= 0.6 is 11.3 Å². The van der Waals surface area contributed by atoms with Crippen LogP contribution in [0, 0.1) is 0 Å². The monoisotopic (exact) mass is 221 g/mol. The second-order valence-corrected chi connectivity index (χ2v) is 4.44. The molecule has 2 heterocycles. The van der Waals surface area contributed by atoms with E-state index in [0.29, 0.717) is 10.0 Å².